The molecule has 3 heterocycles. The lowest BCUT2D eigenvalue weighted by atomic mass is 10.1. The molecule has 0 spiro atoms. The Labute approximate surface area is 182 Å². The lowest BCUT2D eigenvalue weighted by molar-refractivity contribution is 0.0392. The molecule has 164 valence electrons. The Balaban J connectivity index is 1.40. The highest BCUT2D eigenvalue weighted by Gasteiger charge is 2.27. The van der Waals surface area contributed by atoms with E-state index in [0.29, 0.717) is 50.5 Å². The molecule has 1 unspecified atom stereocenters. The number of benzene rings is 1. The third kappa shape index (κ3) is 4.97. The van der Waals surface area contributed by atoms with Crippen molar-refractivity contribution >= 4 is 17.7 Å². The van der Waals surface area contributed by atoms with Gasteiger partial charge in [-0.05, 0) is 24.3 Å². The smallest absolute Gasteiger partial charge is 0.270 e. The monoisotopic (exact) mass is 423 g/mol. The van der Waals surface area contributed by atoms with Gasteiger partial charge in [0.2, 0.25) is 5.95 Å². The fourth-order valence-electron chi connectivity index (χ4n) is 3.98. The van der Waals surface area contributed by atoms with Gasteiger partial charge in [-0.15, -0.1) is 0 Å². The molecule has 1 aromatic heterocycles. The number of nitrogens with one attached hydrogen (secondary N) is 1. The first kappa shape index (κ1) is 20.2. The van der Waals surface area contributed by atoms with Crippen LogP contribution in [0.5, 0.6) is 0 Å². The number of carbonyl (C=O) groups is 1. The van der Waals surface area contributed by atoms with E-state index in [1.165, 1.54) is 12.8 Å². The molecule has 1 atom stereocenters. The zero-order valence-corrected chi connectivity index (χ0v) is 17.7. The van der Waals surface area contributed by atoms with E-state index in [1.807, 2.05) is 24.3 Å². The number of nitrogens with zero attached hydrogens (tertiary/aromatic N) is 4. The minimum absolute atomic E-state index is 0.0438. The third-order valence-corrected chi connectivity index (χ3v) is 6.04. The average molecular weight is 424 g/mol. The van der Waals surface area contributed by atoms with Crippen LogP contribution in [0.2, 0.25) is 0 Å². The highest BCUT2D eigenvalue weighted by molar-refractivity contribution is 5.93. The predicted molar refractivity (Wildman–Crippen MR) is 117 cm³/mol. The first-order chi connectivity index (χ1) is 15.3. The Hall–Kier alpha value is -2.71. The second-order valence-electron chi connectivity index (χ2n) is 8.38. The number of morpholine rings is 2. The molecule has 8 nitrogen and oxygen atoms in total. The fourth-order valence-corrected chi connectivity index (χ4v) is 3.98. The van der Waals surface area contributed by atoms with Crippen LogP contribution in [0.3, 0.4) is 0 Å². The summed E-state index contributed by atoms with van der Waals surface area (Å²) in [6.07, 6.45) is 2.35. The average Bonchev–Trinajstić information content (AvgIpc) is 3.68. The number of amides is 1. The summed E-state index contributed by atoms with van der Waals surface area (Å²) in [4.78, 5) is 26.7. The van der Waals surface area contributed by atoms with Crippen molar-refractivity contribution in [2.75, 3.05) is 62.3 Å². The molecule has 2 aromatic rings. The van der Waals surface area contributed by atoms with Gasteiger partial charge >= 0.3 is 0 Å². The summed E-state index contributed by atoms with van der Waals surface area (Å²) in [5.74, 6) is 1.87. The van der Waals surface area contributed by atoms with Crippen LogP contribution in [-0.2, 0) is 9.47 Å². The molecule has 2 saturated heterocycles. The van der Waals surface area contributed by atoms with Gasteiger partial charge in [0.15, 0.2) is 0 Å². The van der Waals surface area contributed by atoms with E-state index < -0.39 is 0 Å². The van der Waals surface area contributed by atoms with Crippen LogP contribution < -0.4 is 15.1 Å². The minimum Gasteiger partial charge on any atom is -0.378 e. The summed E-state index contributed by atoms with van der Waals surface area (Å²) >= 11 is 0. The molecule has 3 aliphatic rings. The summed E-state index contributed by atoms with van der Waals surface area (Å²) in [5, 5.41) is 3.04. The van der Waals surface area contributed by atoms with Crippen molar-refractivity contribution in [1.82, 2.24) is 15.3 Å². The number of hydrogen-bond acceptors (Lipinski definition) is 7. The van der Waals surface area contributed by atoms with Gasteiger partial charge in [-0.25, -0.2) is 4.98 Å². The zero-order valence-electron chi connectivity index (χ0n) is 17.7. The molecule has 1 amide bonds. The molecule has 31 heavy (non-hydrogen) atoms. The summed E-state index contributed by atoms with van der Waals surface area (Å²) in [7, 11) is 0. The van der Waals surface area contributed by atoms with Crippen LogP contribution in [0.15, 0.2) is 36.4 Å². The summed E-state index contributed by atoms with van der Waals surface area (Å²) in [6.45, 7) is 5.50. The van der Waals surface area contributed by atoms with Gasteiger partial charge in [-0.1, -0.05) is 30.3 Å². The maximum atomic E-state index is 12.8. The Morgan fingerprint density at radius 1 is 1.03 bits per heavy atom. The van der Waals surface area contributed by atoms with Crippen molar-refractivity contribution in [3.05, 3.63) is 47.7 Å². The lowest BCUT2D eigenvalue weighted by Crippen LogP contribution is -2.41. The van der Waals surface area contributed by atoms with Gasteiger partial charge in [0, 0.05) is 32.2 Å². The number of hydrogen-bond donors (Lipinski definition) is 1. The molecule has 3 fully saturated rings. The second-order valence-corrected chi connectivity index (χ2v) is 8.38. The maximum Gasteiger partial charge on any atom is 0.270 e. The largest absolute Gasteiger partial charge is 0.378 e. The third-order valence-electron chi connectivity index (χ3n) is 6.04. The van der Waals surface area contributed by atoms with Crippen molar-refractivity contribution in [2.45, 2.75) is 18.9 Å². The Morgan fingerprint density at radius 2 is 1.81 bits per heavy atom. The Kier molecular flexibility index (Phi) is 5.99. The van der Waals surface area contributed by atoms with E-state index in [1.54, 1.807) is 0 Å². The normalized spacial score (nSPS) is 21.7. The minimum atomic E-state index is -0.127. The second kappa shape index (κ2) is 9.20. The van der Waals surface area contributed by atoms with Crippen LogP contribution in [0.1, 0.15) is 35.0 Å². The van der Waals surface area contributed by atoms with Gasteiger partial charge in [-0.2, -0.15) is 4.98 Å². The van der Waals surface area contributed by atoms with Crippen molar-refractivity contribution < 1.29 is 14.3 Å². The van der Waals surface area contributed by atoms with Gasteiger partial charge in [-0.3, -0.25) is 4.79 Å². The molecule has 2 aliphatic heterocycles. The van der Waals surface area contributed by atoms with Crippen LogP contribution >= 0.6 is 0 Å². The number of ether oxygens (including phenoxy) is 2. The fraction of sp³-hybridized carbons (Fsp3) is 0.522. The summed E-state index contributed by atoms with van der Waals surface area (Å²) < 4.78 is 11.5. The van der Waals surface area contributed by atoms with Gasteiger partial charge in [0.05, 0.1) is 26.4 Å². The predicted octanol–water partition coefficient (Wildman–Crippen LogP) is 2.03. The van der Waals surface area contributed by atoms with E-state index in [4.69, 9.17) is 14.5 Å². The van der Waals surface area contributed by atoms with Crippen molar-refractivity contribution in [2.24, 2.45) is 5.92 Å². The standard InChI is InChI=1S/C23H29N5O3/c29-22(24-15-17-6-7-17)19-14-21(27-8-11-30-12-9-27)26-23(25-19)28-10-13-31-20(16-28)18-4-2-1-3-5-18/h1-5,14,17,20H,6-13,15-16H2,(H,24,29). The Bertz CT molecular complexity index is 899. The van der Waals surface area contributed by atoms with E-state index >= 15 is 0 Å². The quantitative estimate of drug-likeness (QED) is 0.762. The van der Waals surface area contributed by atoms with Crippen molar-refractivity contribution in [3.63, 3.8) is 0 Å². The lowest BCUT2D eigenvalue weighted by Gasteiger charge is -2.34. The molecule has 0 bridgehead atoms. The highest BCUT2D eigenvalue weighted by atomic mass is 16.5. The van der Waals surface area contributed by atoms with Crippen LogP contribution in [0.4, 0.5) is 11.8 Å². The number of anilines is 2. The molecule has 1 saturated carbocycles. The maximum absolute atomic E-state index is 12.8. The molecule has 1 aromatic carbocycles. The SMILES string of the molecule is O=C(NCC1CC1)c1cc(N2CCOCC2)nc(N2CCOC(c3ccccc3)C2)n1. The number of rotatable bonds is 6. The molecular weight excluding hydrogens is 394 g/mol. The van der Waals surface area contributed by atoms with Gasteiger partial charge < -0.3 is 24.6 Å². The first-order valence-electron chi connectivity index (χ1n) is 11.2. The number of aromatic nitrogens is 2. The van der Waals surface area contributed by atoms with Crippen LogP contribution in [0.25, 0.3) is 0 Å². The van der Waals surface area contributed by atoms with Crippen molar-refractivity contribution in [1.29, 1.82) is 0 Å². The topological polar surface area (TPSA) is 79.8 Å². The molecule has 1 aliphatic carbocycles. The molecular formula is C23H29N5O3. The van der Waals surface area contributed by atoms with Gasteiger partial charge in [0.1, 0.15) is 17.6 Å². The molecule has 8 heteroatoms. The number of carbonyl (C=O) groups excluding carboxylic acids is 1. The van der Waals surface area contributed by atoms with E-state index in [0.717, 1.165) is 31.0 Å². The van der Waals surface area contributed by atoms with E-state index in [2.05, 4.69) is 32.2 Å². The van der Waals surface area contributed by atoms with E-state index in [-0.39, 0.29) is 12.0 Å². The van der Waals surface area contributed by atoms with Gasteiger partial charge in [0.25, 0.3) is 5.91 Å². The van der Waals surface area contributed by atoms with Crippen LogP contribution in [-0.4, -0.2) is 68.4 Å². The first-order valence-corrected chi connectivity index (χ1v) is 11.2. The zero-order chi connectivity index (χ0) is 21.0. The van der Waals surface area contributed by atoms with Crippen molar-refractivity contribution in [3.8, 4) is 0 Å². The van der Waals surface area contributed by atoms with Crippen LogP contribution in [0, 0.1) is 5.92 Å². The molecule has 5 rings (SSSR count). The summed E-state index contributed by atoms with van der Waals surface area (Å²) in [6, 6.07) is 12.0. The summed E-state index contributed by atoms with van der Waals surface area (Å²) in [5.41, 5.74) is 1.56. The van der Waals surface area contributed by atoms with E-state index in [9.17, 15) is 4.79 Å². The Morgan fingerprint density at radius 3 is 2.58 bits per heavy atom. The highest BCUT2D eigenvalue weighted by Crippen LogP contribution is 2.28. The molecule has 1 N–H and O–H groups in total. The molecule has 0 radical (unpaired) electrons.